The molecule has 6 nitrogen and oxygen atoms in total. The van der Waals surface area contributed by atoms with E-state index in [2.05, 4.69) is 0 Å². The Hall–Kier alpha value is -3.54. The fraction of sp³-hybridized carbons (Fsp3) is 0.182. The van der Waals surface area contributed by atoms with Crippen molar-refractivity contribution in [2.75, 3.05) is 13.7 Å². The predicted octanol–water partition coefficient (Wildman–Crippen LogP) is 3.62. The molecule has 1 aliphatic heterocycles. The summed E-state index contributed by atoms with van der Waals surface area (Å²) in [5, 5.41) is 10.8. The normalized spacial score (nSPS) is 14.0. The number of fused-ring (bicyclic) bond motifs is 2. The Bertz CT molecular complexity index is 1140. The van der Waals surface area contributed by atoms with E-state index in [1.165, 1.54) is 7.11 Å². The van der Waals surface area contributed by atoms with Crippen LogP contribution in [0.15, 0.2) is 63.3 Å². The van der Waals surface area contributed by atoms with E-state index >= 15 is 0 Å². The lowest BCUT2D eigenvalue weighted by Gasteiger charge is -2.24. The van der Waals surface area contributed by atoms with E-state index in [1.807, 2.05) is 30.3 Å². The van der Waals surface area contributed by atoms with Crippen molar-refractivity contribution in [3.05, 3.63) is 75.7 Å². The van der Waals surface area contributed by atoms with Gasteiger partial charge in [-0.25, -0.2) is 0 Å². The molecule has 28 heavy (non-hydrogen) atoms. The molecule has 1 atom stereocenters. The highest BCUT2D eigenvalue weighted by Gasteiger charge is 2.30. The molecule has 0 saturated heterocycles. The molecule has 2 aromatic carbocycles. The summed E-state index contributed by atoms with van der Waals surface area (Å²) < 4.78 is 16.5. The van der Waals surface area contributed by atoms with Crippen LogP contribution in [0.5, 0.6) is 11.5 Å². The van der Waals surface area contributed by atoms with Gasteiger partial charge in [0.25, 0.3) is 0 Å². The molecule has 142 valence electrons. The highest BCUT2D eigenvalue weighted by Crippen LogP contribution is 2.38. The van der Waals surface area contributed by atoms with Crippen molar-refractivity contribution < 1.29 is 23.8 Å². The van der Waals surface area contributed by atoms with Gasteiger partial charge in [0, 0.05) is 5.56 Å². The van der Waals surface area contributed by atoms with Crippen molar-refractivity contribution in [3.63, 3.8) is 0 Å². The van der Waals surface area contributed by atoms with Crippen LogP contribution in [0.25, 0.3) is 17.0 Å². The summed E-state index contributed by atoms with van der Waals surface area (Å²) in [6, 6.07) is 14.2. The van der Waals surface area contributed by atoms with Crippen LogP contribution in [0.3, 0.4) is 0 Å². The zero-order chi connectivity index (χ0) is 19.7. The molecule has 1 aromatic heterocycles. The van der Waals surface area contributed by atoms with E-state index in [0.717, 1.165) is 11.3 Å². The molecule has 0 fully saturated rings. The first-order valence-corrected chi connectivity index (χ1v) is 8.82. The maximum atomic E-state index is 12.6. The van der Waals surface area contributed by atoms with Gasteiger partial charge in [-0.05, 0) is 29.8 Å². The first-order valence-electron chi connectivity index (χ1n) is 8.82. The summed E-state index contributed by atoms with van der Waals surface area (Å²) in [4.78, 5) is 24.7. The molecule has 0 unspecified atom stereocenters. The van der Waals surface area contributed by atoms with Gasteiger partial charge in [-0.2, -0.15) is 0 Å². The lowest BCUT2D eigenvalue weighted by molar-refractivity contribution is -0.141. The monoisotopic (exact) mass is 378 g/mol. The van der Waals surface area contributed by atoms with Crippen LogP contribution >= 0.6 is 0 Å². The molecule has 0 bridgehead atoms. The maximum absolute atomic E-state index is 12.6. The van der Waals surface area contributed by atoms with E-state index in [0.29, 0.717) is 11.2 Å². The van der Waals surface area contributed by atoms with Gasteiger partial charge in [-0.15, -0.1) is 0 Å². The summed E-state index contributed by atoms with van der Waals surface area (Å²) >= 11 is 0. The number of methoxy groups -OCH3 is 1. The summed E-state index contributed by atoms with van der Waals surface area (Å²) in [6.45, 7) is 0.203. The first-order chi connectivity index (χ1) is 13.6. The molecule has 0 spiro atoms. The van der Waals surface area contributed by atoms with E-state index in [1.54, 1.807) is 24.3 Å². The van der Waals surface area contributed by atoms with E-state index in [9.17, 15) is 14.7 Å². The minimum absolute atomic E-state index is 0.0309. The van der Waals surface area contributed by atoms with Crippen LogP contribution in [0, 0.1) is 0 Å². The second-order valence-corrected chi connectivity index (χ2v) is 6.52. The molecule has 1 N–H and O–H groups in total. The lowest BCUT2D eigenvalue weighted by Crippen LogP contribution is -2.19. The van der Waals surface area contributed by atoms with Crippen LogP contribution in [-0.4, -0.2) is 24.8 Å². The number of benzene rings is 2. The molecule has 3 aromatic rings. The average Bonchev–Trinajstić information content (AvgIpc) is 2.74. The van der Waals surface area contributed by atoms with E-state index < -0.39 is 23.1 Å². The molecule has 2 heterocycles. The average molecular weight is 378 g/mol. The Morgan fingerprint density at radius 1 is 1.18 bits per heavy atom. The second-order valence-electron chi connectivity index (χ2n) is 6.52. The topological polar surface area (TPSA) is 86.0 Å². The van der Waals surface area contributed by atoms with Crippen LogP contribution in [0.4, 0.5) is 0 Å². The summed E-state index contributed by atoms with van der Waals surface area (Å²) in [5.74, 6) is -0.930. The highest BCUT2D eigenvalue weighted by atomic mass is 16.5. The molecule has 0 aliphatic carbocycles. The number of carbonyl (C=O) groups excluding carboxylic acids is 1. The third-order valence-corrected chi connectivity index (χ3v) is 4.82. The van der Waals surface area contributed by atoms with E-state index in [4.69, 9.17) is 13.9 Å². The minimum atomic E-state index is -0.696. The van der Waals surface area contributed by atoms with Crippen LogP contribution in [0.1, 0.15) is 23.7 Å². The minimum Gasteiger partial charge on any atom is -0.502 e. The summed E-state index contributed by atoms with van der Waals surface area (Å²) in [6.07, 6.45) is 1.80. The van der Waals surface area contributed by atoms with Crippen molar-refractivity contribution in [2.45, 2.75) is 12.3 Å². The molecule has 4 rings (SSSR count). The maximum Gasteiger partial charge on any atom is 0.306 e. The Morgan fingerprint density at radius 3 is 2.75 bits per heavy atom. The fourth-order valence-corrected chi connectivity index (χ4v) is 3.36. The van der Waals surface area contributed by atoms with Crippen molar-refractivity contribution in [3.8, 4) is 11.5 Å². The van der Waals surface area contributed by atoms with Crippen LogP contribution in [-0.2, 0) is 9.53 Å². The summed E-state index contributed by atoms with van der Waals surface area (Å²) in [7, 11) is 1.29. The SMILES string of the molecule is COC(=O)C[C@@H](C1=Cc2ccccc2OC1)c1oc2ccccc2c(=O)c1O. The molecule has 0 radical (unpaired) electrons. The van der Waals surface area contributed by atoms with Crippen molar-refractivity contribution in [2.24, 2.45) is 0 Å². The quantitative estimate of drug-likeness (QED) is 0.698. The number of aromatic hydroxyl groups is 1. The third kappa shape index (κ3) is 3.13. The van der Waals surface area contributed by atoms with Crippen molar-refractivity contribution >= 4 is 23.0 Å². The van der Waals surface area contributed by atoms with Crippen LogP contribution in [0.2, 0.25) is 0 Å². The Kier molecular flexibility index (Phi) is 4.61. The van der Waals surface area contributed by atoms with Gasteiger partial charge in [-0.1, -0.05) is 30.3 Å². The van der Waals surface area contributed by atoms with Crippen molar-refractivity contribution in [1.29, 1.82) is 0 Å². The zero-order valence-corrected chi connectivity index (χ0v) is 15.2. The zero-order valence-electron chi connectivity index (χ0n) is 15.2. The second kappa shape index (κ2) is 7.23. The highest BCUT2D eigenvalue weighted by molar-refractivity contribution is 5.79. The predicted molar refractivity (Wildman–Crippen MR) is 103 cm³/mol. The number of carbonyl (C=O) groups is 1. The Morgan fingerprint density at radius 2 is 1.93 bits per heavy atom. The van der Waals surface area contributed by atoms with Gasteiger partial charge in [0.15, 0.2) is 5.76 Å². The standard InChI is InChI=1S/C22H18O6/c1-26-19(23)11-16(14-10-13-6-2-4-8-17(13)27-12-14)22-21(25)20(24)15-7-3-5-9-18(15)28-22/h2-10,16,25H,11-12H2,1H3/t16-/m0/s1. The number of hydrogen-bond donors (Lipinski definition) is 1. The smallest absolute Gasteiger partial charge is 0.306 e. The summed E-state index contributed by atoms with van der Waals surface area (Å²) in [5.41, 5.74) is 1.36. The number of para-hydroxylation sites is 2. The first kappa shape index (κ1) is 17.9. The molecular formula is C22H18O6. The van der Waals surface area contributed by atoms with Gasteiger partial charge in [0.2, 0.25) is 11.2 Å². The number of rotatable bonds is 4. The Labute approximate surface area is 160 Å². The van der Waals surface area contributed by atoms with Gasteiger partial charge < -0.3 is 19.0 Å². The largest absolute Gasteiger partial charge is 0.502 e. The Balaban J connectivity index is 1.88. The molecular weight excluding hydrogens is 360 g/mol. The molecule has 0 amide bonds. The molecule has 6 heteroatoms. The van der Waals surface area contributed by atoms with Gasteiger partial charge >= 0.3 is 5.97 Å². The lowest BCUT2D eigenvalue weighted by atomic mass is 9.89. The fourth-order valence-electron chi connectivity index (χ4n) is 3.36. The van der Waals surface area contributed by atoms with Gasteiger partial charge in [0.05, 0.1) is 24.8 Å². The van der Waals surface area contributed by atoms with E-state index in [-0.39, 0.29) is 24.2 Å². The van der Waals surface area contributed by atoms with Gasteiger partial charge in [0.1, 0.15) is 17.9 Å². The van der Waals surface area contributed by atoms with Crippen molar-refractivity contribution in [1.82, 2.24) is 0 Å². The number of esters is 1. The molecule has 1 aliphatic rings. The number of ether oxygens (including phenoxy) is 2. The third-order valence-electron chi connectivity index (χ3n) is 4.82. The number of hydrogen-bond acceptors (Lipinski definition) is 6. The van der Waals surface area contributed by atoms with Gasteiger partial charge in [-0.3, -0.25) is 9.59 Å². The van der Waals surface area contributed by atoms with Crippen LogP contribution < -0.4 is 10.2 Å². The molecule has 0 saturated carbocycles.